The van der Waals surface area contributed by atoms with Gasteiger partial charge in [-0.25, -0.2) is 0 Å². The Balaban J connectivity index is 0.975. The van der Waals surface area contributed by atoms with Crippen LogP contribution in [0.15, 0.2) is 24.3 Å². The molecule has 6 nitrogen and oxygen atoms in total. The number of nitrogens with zero attached hydrogens (tertiary/aromatic N) is 1. The second kappa shape index (κ2) is 14.1. The summed E-state index contributed by atoms with van der Waals surface area (Å²) in [5.41, 5.74) is 0.363. The highest BCUT2D eigenvalue weighted by Gasteiger charge is 2.73. The number of rotatable bonds is 18. The van der Waals surface area contributed by atoms with Crippen LogP contribution < -0.4 is 9.47 Å². The molecule has 0 radical (unpaired) electrons. The van der Waals surface area contributed by atoms with Crippen molar-refractivity contribution >= 4 is 11.8 Å². The molecule has 1 N–H and O–H groups in total. The molecular weight excluding hydrogens is 550 g/mol. The minimum atomic E-state index is -0.997. The predicted octanol–water partition coefficient (Wildman–Crippen LogP) is 7.76. The molecule has 5 aliphatic rings. The van der Waals surface area contributed by atoms with E-state index in [9.17, 15) is 14.7 Å². The largest absolute Gasteiger partial charge is 0.477 e. The molecule has 2 aliphatic heterocycles. The highest BCUT2D eigenvalue weighted by Crippen LogP contribution is 2.65. The molecule has 44 heavy (non-hydrogen) atoms. The summed E-state index contributed by atoms with van der Waals surface area (Å²) in [5, 5.41) is 12.4. The van der Waals surface area contributed by atoms with Crippen molar-refractivity contribution in [3.05, 3.63) is 35.4 Å². The average Bonchev–Trinajstić information content (AvgIpc) is 3.76. The molecule has 242 valence electrons. The molecule has 1 aromatic rings. The van der Waals surface area contributed by atoms with Gasteiger partial charge in [0, 0.05) is 31.0 Å². The van der Waals surface area contributed by atoms with Crippen LogP contribution in [0.5, 0.6) is 11.5 Å². The number of unbranched alkanes of at least 4 members (excludes halogenated alkanes) is 11. The minimum Gasteiger partial charge on any atom is -0.477 e. The lowest BCUT2D eigenvalue weighted by molar-refractivity contribution is -0.188. The second-order valence-corrected chi connectivity index (χ2v) is 14.5. The first-order valence-electron chi connectivity index (χ1n) is 18.2. The van der Waals surface area contributed by atoms with E-state index in [1.54, 1.807) is 0 Å². The fraction of sp³-hybridized carbons (Fsp3) is 0.737. The maximum absolute atomic E-state index is 13.3. The third-order valence-electron chi connectivity index (χ3n) is 11.4. The Morgan fingerprint density at radius 1 is 1.00 bits per heavy atom. The summed E-state index contributed by atoms with van der Waals surface area (Å²) in [5.74, 6) is 1.52. The van der Waals surface area contributed by atoms with Gasteiger partial charge < -0.3 is 14.6 Å². The Morgan fingerprint density at radius 3 is 2.43 bits per heavy atom. The molecule has 1 saturated heterocycles. The summed E-state index contributed by atoms with van der Waals surface area (Å²) in [4.78, 5) is 28.7. The van der Waals surface area contributed by atoms with Crippen LogP contribution in [0, 0.1) is 5.92 Å². The third kappa shape index (κ3) is 6.27. The number of ether oxygens (including phenoxy) is 2. The Bertz CT molecular complexity index is 1210. The Hall–Kier alpha value is -2.18. The van der Waals surface area contributed by atoms with Crippen LogP contribution in [-0.4, -0.2) is 52.6 Å². The van der Waals surface area contributed by atoms with Gasteiger partial charge in [0.25, 0.3) is 0 Å². The smallest absolute Gasteiger partial charge is 0.311 e. The summed E-state index contributed by atoms with van der Waals surface area (Å²) in [6.07, 6.45) is 25.1. The topological polar surface area (TPSA) is 76.1 Å². The molecule has 3 aliphatic carbocycles. The number of esters is 1. The van der Waals surface area contributed by atoms with Crippen LogP contribution in [0.3, 0.4) is 0 Å². The first kappa shape index (κ1) is 31.8. The Labute approximate surface area is 264 Å². The maximum Gasteiger partial charge on any atom is 0.311 e. The van der Waals surface area contributed by atoms with Gasteiger partial charge in [-0.2, -0.15) is 0 Å². The summed E-state index contributed by atoms with van der Waals surface area (Å²) < 4.78 is 12.3. The number of hydrogen-bond acceptors (Lipinski definition) is 6. The lowest BCUT2D eigenvalue weighted by Gasteiger charge is -2.62. The van der Waals surface area contributed by atoms with Gasteiger partial charge in [-0.05, 0) is 88.3 Å². The van der Waals surface area contributed by atoms with E-state index in [2.05, 4.69) is 30.0 Å². The van der Waals surface area contributed by atoms with Gasteiger partial charge >= 0.3 is 5.97 Å². The van der Waals surface area contributed by atoms with Crippen molar-refractivity contribution < 1.29 is 24.2 Å². The van der Waals surface area contributed by atoms with Crippen molar-refractivity contribution in [3.63, 3.8) is 0 Å². The summed E-state index contributed by atoms with van der Waals surface area (Å²) in [6, 6.07) is 3.92. The van der Waals surface area contributed by atoms with E-state index in [4.69, 9.17) is 9.47 Å². The molecule has 0 amide bonds. The fourth-order valence-corrected chi connectivity index (χ4v) is 8.85. The zero-order valence-electron chi connectivity index (χ0n) is 27.1. The monoisotopic (exact) mass is 605 g/mol. The van der Waals surface area contributed by atoms with Gasteiger partial charge in [-0.15, -0.1) is 0 Å². The molecule has 2 bridgehead atoms. The number of ketones is 1. The van der Waals surface area contributed by atoms with Crippen LogP contribution >= 0.6 is 0 Å². The van der Waals surface area contributed by atoms with E-state index in [0.717, 1.165) is 62.2 Å². The normalized spacial score (nSPS) is 28.7. The average molecular weight is 606 g/mol. The number of aliphatic hydroxyl groups is 1. The van der Waals surface area contributed by atoms with E-state index in [1.807, 2.05) is 6.07 Å². The lowest BCUT2D eigenvalue weighted by Crippen LogP contribution is -2.76. The minimum absolute atomic E-state index is 0.00373. The molecule has 2 heterocycles. The van der Waals surface area contributed by atoms with E-state index >= 15 is 0 Å². The third-order valence-corrected chi connectivity index (χ3v) is 11.4. The molecule has 3 fully saturated rings. The van der Waals surface area contributed by atoms with E-state index < -0.39 is 17.1 Å². The van der Waals surface area contributed by atoms with E-state index in [-0.39, 0.29) is 17.8 Å². The summed E-state index contributed by atoms with van der Waals surface area (Å²) >= 11 is 0. The number of hydrogen-bond donors (Lipinski definition) is 1. The van der Waals surface area contributed by atoms with Gasteiger partial charge in [0.05, 0.1) is 11.0 Å². The molecule has 0 aromatic heterocycles. The predicted molar refractivity (Wildman–Crippen MR) is 173 cm³/mol. The lowest BCUT2D eigenvalue weighted by atomic mass is 9.49. The van der Waals surface area contributed by atoms with Crippen LogP contribution in [0.2, 0.25) is 0 Å². The quantitative estimate of drug-likeness (QED) is 0.0798. The molecule has 6 heteroatoms. The molecule has 1 aromatic carbocycles. The van der Waals surface area contributed by atoms with E-state index in [1.165, 1.54) is 70.6 Å². The summed E-state index contributed by atoms with van der Waals surface area (Å²) in [6.45, 7) is 4.17. The van der Waals surface area contributed by atoms with Crippen LogP contribution in [0.25, 0.3) is 0 Å². The Kier molecular flexibility index (Phi) is 10.2. The van der Waals surface area contributed by atoms with Gasteiger partial charge in [-0.1, -0.05) is 76.5 Å². The molecule has 1 spiro atoms. The molecule has 4 atom stereocenters. The molecular formula is C38H55NO5. The number of benzene rings is 1. The van der Waals surface area contributed by atoms with Crippen molar-refractivity contribution in [2.45, 2.75) is 159 Å². The van der Waals surface area contributed by atoms with Crippen molar-refractivity contribution in [2.24, 2.45) is 5.92 Å². The highest BCUT2D eigenvalue weighted by atomic mass is 16.6. The zero-order chi connectivity index (χ0) is 30.6. The summed E-state index contributed by atoms with van der Waals surface area (Å²) in [7, 11) is 0. The number of allylic oxidation sites excluding steroid dienone is 2. The van der Waals surface area contributed by atoms with Gasteiger partial charge in [0.2, 0.25) is 0 Å². The van der Waals surface area contributed by atoms with Gasteiger partial charge in [0.15, 0.2) is 23.4 Å². The zero-order valence-corrected chi connectivity index (χ0v) is 27.1. The van der Waals surface area contributed by atoms with Crippen LogP contribution in [0.1, 0.15) is 140 Å². The highest BCUT2D eigenvalue weighted by molar-refractivity contribution is 5.90. The van der Waals surface area contributed by atoms with Gasteiger partial charge in [-0.3, -0.25) is 14.5 Å². The van der Waals surface area contributed by atoms with Crippen LogP contribution in [-0.2, 0) is 21.4 Å². The SMILES string of the molecule is CCCCCCCCC=CCCCCCCCC(=O)Oc1ccc2c3c1O[C@H]1C(=O)CC[C@@]4(O)C(C2)N(CC2CC2)CC[C@]314. The number of carbonyl (C=O) groups excluding carboxylic acids is 2. The standard InChI is InChI=1S/C38H55NO5/c1-2-3-4-5-6-7-8-9-10-11-12-13-14-15-16-17-33(41)43-31-21-20-29-26-32-38(42)23-22-30(40)36-37(38,34(29)35(31)44-36)24-25-39(32)27-28-18-19-28/h9-10,20-21,28,32,36,42H,2-8,11-19,22-27H2,1H3/t32?,36-,37-,38+/m0/s1. The van der Waals surface area contributed by atoms with Crippen molar-refractivity contribution in [1.82, 2.24) is 4.90 Å². The number of piperidine rings is 1. The second-order valence-electron chi connectivity index (χ2n) is 14.5. The molecule has 2 saturated carbocycles. The first-order valence-corrected chi connectivity index (χ1v) is 18.2. The first-order chi connectivity index (χ1) is 21.5. The van der Waals surface area contributed by atoms with Crippen molar-refractivity contribution in [3.8, 4) is 11.5 Å². The number of carbonyl (C=O) groups is 2. The fourth-order valence-electron chi connectivity index (χ4n) is 8.85. The van der Waals surface area contributed by atoms with E-state index in [0.29, 0.717) is 37.2 Å². The maximum atomic E-state index is 13.3. The molecule has 6 rings (SSSR count). The van der Waals surface area contributed by atoms with Crippen molar-refractivity contribution in [1.29, 1.82) is 0 Å². The molecule has 1 unspecified atom stereocenters. The Morgan fingerprint density at radius 2 is 1.70 bits per heavy atom. The van der Waals surface area contributed by atoms with Gasteiger partial charge in [0.1, 0.15) is 0 Å². The van der Waals surface area contributed by atoms with Crippen LogP contribution in [0.4, 0.5) is 0 Å². The number of likely N-dealkylation sites (tertiary alicyclic amines) is 1. The van der Waals surface area contributed by atoms with Crippen molar-refractivity contribution in [2.75, 3.05) is 13.1 Å². The number of Topliss-reactive ketones (excluding diaryl/α,β-unsaturated/α-hetero) is 1.